The van der Waals surface area contributed by atoms with Crippen LogP contribution in [0.5, 0.6) is 5.75 Å². The van der Waals surface area contributed by atoms with E-state index in [1.54, 1.807) is 24.3 Å². The van der Waals surface area contributed by atoms with Crippen molar-refractivity contribution < 1.29 is 22.7 Å². The number of aldehydes is 1. The topological polar surface area (TPSA) is 26.3 Å². The van der Waals surface area contributed by atoms with Crippen molar-refractivity contribution in [1.82, 2.24) is 0 Å². The maximum atomic E-state index is 12.2. The van der Waals surface area contributed by atoms with Crippen LogP contribution in [0.2, 0.25) is 0 Å². The van der Waals surface area contributed by atoms with E-state index in [1.807, 2.05) is 6.92 Å². The molecule has 5 heteroatoms. The number of carbonyl (C=O) groups is 1. The maximum Gasteiger partial charge on any atom is 0.573 e. The summed E-state index contributed by atoms with van der Waals surface area (Å²) in [7, 11) is 0. The SMILES string of the molecule is Cc1ccc(-c2cccc(OC(F)(F)F)c2)c(C=O)c1. The number of rotatable bonds is 3. The van der Waals surface area contributed by atoms with Gasteiger partial charge in [-0.05, 0) is 36.2 Å². The summed E-state index contributed by atoms with van der Waals surface area (Å²) in [5.41, 5.74) is 2.39. The molecular formula is C15H11F3O2. The lowest BCUT2D eigenvalue weighted by atomic mass is 9.98. The molecule has 20 heavy (non-hydrogen) atoms. The maximum absolute atomic E-state index is 12.2. The van der Waals surface area contributed by atoms with Gasteiger partial charge in [0.05, 0.1) is 0 Å². The summed E-state index contributed by atoms with van der Waals surface area (Å²) in [5.74, 6) is -0.313. The van der Waals surface area contributed by atoms with Gasteiger partial charge in [-0.1, -0.05) is 29.8 Å². The first-order valence-corrected chi connectivity index (χ1v) is 5.81. The van der Waals surface area contributed by atoms with Crippen LogP contribution in [0.4, 0.5) is 13.2 Å². The van der Waals surface area contributed by atoms with Gasteiger partial charge in [0.2, 0.25) is 0 Å². The van der Waals surface area contributed by atoms with Crippen LogP contribution in [0.15, 0.2) is 42.5 Å². The first-order chi connectivity index (χ1) is 9.39. The van der Waals surface area contributed by atoms with Crippen LogP contribution < -0.4 is 4.74 Å². The van der Waals surface area contributed by atoms with E-state index in [9.17, 15) is 18.0 Å². The fourth-order valence-corrected chi connectivity index (χ4v) is 1.90. The van der Waals surface area contributed by atoms with Crippen LogP contribution >= 0.6 is 0 Å². The lowest BCUT2D eigenvalue weighted by Gasteiger charge is -2.11. The van der Waals surface area contributed by atoms with Crippen LogP contribution in [0.25, 0.3) is 11.1 Å². The van der Waals surface area contributed by atoms with Crippen molar-refractivity contribution in [1.29, 1.82) is 0 Å². The molecule has 0 radical (unpaired) electrons. The van der Waals surface area contributed by atoms with Gasteiger partial charge in [-0.15, -0.1) is 13.2 Å². The zero-order valence-corrected chi connectivity index (χ0v) is 10.6. The van der Waals surface area contributed by atoms with Gasteiger partial charge in [0.15, 0.2) is 6.29 Å². The van der Waals surface area contributed by atoms with Crippen molar-refractivity contribution >= 4 is 6.29 Å². The number of ether oxygens (including phenoxy) is 1. The molecule has 0 N–H and O–H groups in total. The molecule has 0 bridgehead atoms. The average molecular weight is 280 g/mol. The van der Waals surface area contributed by atoms with Crippen molar-refractivity contribution in [2.24, 2.45) is 0 Å². The van der Waals surface area contributed by atoms with E-state index in [0.29, 0.717) is 23.0 Å². The molecule has 0 aliphatic rings. The van der Waals surface area contributed by atoms with Gasteiger partial charge >= 0.3 is 6.36 Å². The van der Waals surface area contributed by atoms with E-state index in [2.05, 4.69) is 4.74 Å². The fraction of sp³-hybridized carbons (Fsp3) is 0.133. The second kappa shape index (κ2) is 5.36. The normalized spacial score (nSPS) is 11.2. The van der Waals surface area contributed by atoms with E-state index < -0.39 is 6.36 Å². The number of carbonyl (C=O) groups excluding carboxylic acids is 1. The summed E-state index contributed by atoms with van der Waals surface area (Å²) in [6.07, 6.45) is -4.06. The Labute approximate surface area is 113 Å². The highest BCUT2D eigenvalue weighted by Gasteiger charge is 2.31. The summed E-state index contributed by atoms with van der Waals surface area (Å²) in [5, 5.41) is 0. The first-order valence-electron chi connectivity index (χ1n) is 5.81. The molecule has 0 fully saturated rings. The van der Waals surface area contributed by atoms with Crippen LogP contribution in [-0.2, 0) is 0 Å². The Kier molecular flexibility index (Phi) is 3.79. The van der Waals surface area contributed by atoms with Crippen molar-refractivity contribution in [2.45, 2.75) is 13.3 Å². The highest BCUT2D eigenvalue weighted by atomic mass is 19.4. The monoisotopic (exact) mass is 280 g/mol. The minimum atomic E-state index is -4.74. The van der Waals surface area contributed by atoms with Crippen molar-refractivity contribution in [2.75, 3.05) is 0 Å². The number of hydrogen-bond donors (Lipinski definition) is 0. The molecule has 0 saturated heterocycles. The molecule has 0 atom stereocenters. The second-order valence-corrected chi connectivity index (χ2v) is 4.28. The van der Waals surface area contributed by atoms with E-state index in [4.69, 9.17) is 0 Å². The minimum Gasteiger partial charge on any atom is -0.406 e. The molecular weight excluding hydrogens is 269 g/mol. The van der Waals surface area contributed by atoms with E-state index in [1.165, 1.54) is 18.2 Å². The smallest absolute Gasteiger partial charge is 0.406 e. The summed E-state index contributed by atoms with van der Waals surface area (Å²) in [6.45, 7) is 1.83. The van der Waals surface area contributed by atoms with Crippen LogP contribution in [0, 0.1) is 6.92 Å². The first kappa shape index (κ1) is 14.1. The van der Waals surface area contributed by atoms with E-state index in [-0.39, 0.29) is 5.75 Å². The summed E-state index contributed by atoms with van der Waals surface area (Å²) in [4.78, 5) is 11.1. The molecule has 0 aliphatic heterocycles. The standard InChI is InChI=1S/C15H11F3O2/c1-10-5-6-14(12(7-10)9-19)11-3-2-4-13(8-11)20-15(16,17)18/h2-9H,1H3. The molecule has 0 heterocycles. The number of aryl methyl sites for hydroxylation is 1. The quantitative estimate of drug-likeness (QED) is 0.780. The molecule has 0 unspecified atom stereocenters. The Morgan fingerprint density at radius 2 is 1.85 bits per heavy atom. The Balaban J connectivity index is 2.43. The fourth-order valence-electron chi connectivity index (χ4n) is 1.90. The summed E-state index contributed by atoms with van der Waals surface area (Å²) >= 11 is 0. The van der Waals surface area contributed by atoms with Gasteiger partial charge in [0.1, 0.15) is 5.75 Å². The third kappa shape index (κ3) is 3.38. The molecule has 104 valence electrons. The van der Waals surface area contributed by atoms with Crippen LogP contribution in [0.1, 0.15) is 15.9 Å². The van der Waals surface area contributed by atoms with Gasteiger partial charge < -0.3 is 4.74 Å². The molecule has 0 saturated carbocycles. The molecule has 0 aromatic heterocycles. The molecule has 2 aromatic carbocycles. The highest BCUT2D eigenvalue weighted by molar-refractivity contribution is 5.88. The third-order valence-corrected chi connectivity index (χ3v) is 2.71. The molecule has 0 aliphatic carbocycles. The van der Waals surface area contributed by atoms with Crippen LogP contribution in [0.3, 0.4) is 0 Å². The molecule has 2 rings (SSSR count). The van der Waals surface area contributed by atoms with Gasteiger partial charge in [-0.25, -0.2) is 0 Å². The minimum absolute atomic E-state index is 0.313. The number of alkyl halides is 3. The third-order valence-electron chi connectivity index (χ3n) is 2.71. The van der Waals surface area contributed by atoms with Crippen molar-refractivity contribution in [3.63, 3.8) is 0 Å². The lowest BCUT2D eigenvalue weighted by Crippen LogP contribution is -2.17. The predicted octanol–water partition coefficient (Wildman–Crippen LogP) is 4.37. The van der Waals surface area contributed by atoms with Gasteiger partial charge in [-0.2, -0.15) is 0 Å². The number of halogens is 3. The average Bonchev–Trinajstić information content (AvgIpc) is 2.36. The van der Waals surface area contributed by atoms with Gasteiger partial charge in [0.25, 0.3) is 0 Å². The summed E-state index contributed by atoms with van der Waals surface area (Å²) in [6, 6.07) is 10.7. The molecule has 2 aromatic rings. The Morgan fingerprint density at radius 3 is 2.50 bits per heavy atom. The predicted molar refractivity (Wildman–Crippen MR) is 68.7 cm³/mol. The molecule has 2 nitrogen and oxygen atoms in total. The number of benzene rings is 2. The van der Waals surface area contributed by atoms with Gasteiger partial charge in [-0.3, -0.25) is 4.79 Å². The van der Waals surface area contributed by atoms with Gasteiger partial charge in [0, 0.05) is 5.56 Å². The Bertz CT molecular complexity index is 633. The molecule has 0 spiro atoms. The van der Waals surface area contributed by atoms with Crippen molar-refractivity contribution in [3.8, 4) is 16.9 Å². The zero-order valence-electron chi connectivity index (χ0n) is 10.6. The van der Waals surface area contributed by atoms with E-state index in [0.717, 1.165) is 5.56 Å². The Hall–Kier alpha value is -2.30. The highest BCUT2D eigenvalue weighted by Crippen LogP contribution is 2.29. The largest absolute Gasteiger partial charge is 0.573 e. The van der Waals surface area contributed by atoms with E-state index >= 15 is 0 Å². The second-order valence-electron chi connectivity index (χ2n) is 4.28. The Morgan fingerprint density at radius 1 is 1.10 bits per heavy atom. The van der Waals surface area contributed by atoms with Crippen LogP contribution in [-0.4, -0.2) is 12.6 Å². The number of hydrogen-bond acceptors (Lipinski definition) is 2. The summed E-state index contributed by atoms with van der Waals surface area (Å²) < 4.78 is 40.5. The lowest BCUT2D eigenvalue weighted by molar-refractivity contribution is -0.274. The molecule has 0 amide bonds. The zero-order chi connectivity index (χ0) is 14.8. The van der Waals surface area contributed by atoms with Crippen molar-refractivity contribution in [3.05, 3.63) is 53.6 Å².